The molecule has 2 rings (SSSR count). The zero-order valence-electron chi connectivity index (χ0n) is 11.7. The van der Waals surface area contributed by atoms with E-state index in [1.807, 2.05) is 42.9 Å². The lowest BCUT2D eigenvalue weighted by molar-refractivity contribution is 0.0952. The zero-order valence-corrected chi connectivity index (χ0v) is 11.7. The topological polar surface area (TPSA) is 77.1 Å². The summed E-state index contributed by atoms with van der Waals surface area (Å²) in [4.78, 5) is 23.4. The van der Waals surface area contributed by atoms with Crippen molar-refractivity contribution in [1.82, 2.24) is 9.99 Å². The van der Waals surface area contributed by atoms with Crippen molar-refractivity contribution >= 4 is 5.91 Å². The van der Waals surface area contributed by atoms with Crippen LogP contribution in [-0.4, -0.2) is 10.5 Å². The number of hydrogen-bond acceptors (Lipinski definition) is 3. The molecule has 0 fully saturated rings. The molecule has 20 heavy (non-hydrogen) atoms. The maximum atomic E-state index is 11.8. The number of carbonyl (C=O) groups excluding carboxylic acids is 1. The minimum atomic E-state index is -0.590. The van der Waals surface area contributed by atoms with Crippen molar-refractivity contribution in [3.8, 4) is 5.69 Å². The van der Waals surface area contributed by atoms with Crippen LogP contribution in [0.5, 0.6) is 0 Å². The SMILES string of the molecule is Cc1cc(C)cc(-n2cc(C(=O)NN)c(=O)cc2C)c1. The van der Waals surface area contributed by atoms with Crippen molar-refractivity contribution in [2.75, 3.05) is 0 Å². The van der Waals surface area contributed by atoms with E-state index in [4.69, 9.17) is 5.84 Å². The number of nitrogens with one attached hydrogen (secondary N) is 1. The van der Waals surface area contributed by atoms with Gasteiger partial charge >= 0.3 is 0 Å². The number of nitrogens with two attached hydrogens (primary N) is 1. The largest absolute Gasteiger partial charge is 0.320 e. The van der Waals surface area contributed by atoms with Gasteiger partial charge < -0.3 is 4.57 Å². The highest BCUT2D eigenvalue weighted by atomic mass is 16.2. The third kappa shape index (κ3) is 2.62. The number of aromatic nitrogens is 1. The molecule has 0 aliphatic heterocycles. The standard InChI is InChI=1S/C15H17N3O2/c1-9-4-10(2)6-12(5-9)18-8-13(15(20)17-16)14(19)7-11(18)3/h4-8H,16H2,1-3H3,(H,17,20). The van der Waals surface area contributed by atoms with Gasteiger partial charge in [0.15, 0.2) is 5.43 Å². The number of aryl methyl sites for hydroxylation is 3. The second-order valence-electron chi connectivity index (χ2n) is 4.88. The molecule has 0 unspecified atom stereocenters. The molecule has 0 saturated heterocycles. The molecule has 2 aromatic rings. The molecule has 5 heteroatoms. The predicted molar refractivity (Wildman–Crippen MR) is 77.9 cm³/mol. The average Bonchev–Trinajstić information content (AvgIpc) is 2.36. The molecule has 1 aromatic carbocycles. The number of rotatable bonds is 2. The van der Waals surface area contributed by atoms with Crippen LogP contribution in [0.2, 0.25) is 0 Å². The van der Waals surface area contributed by atoms with Gasteiger partial charge in [0.1, 0.15) is 5.56 Å². The number of nitrogen functional groups attached to an aromatic ring is 1. The molecule has 3 N–H and O–H groups in total. The summed E-state index contributed by atoms with van der Waals surface area (Å²) < 4.78 is 1.81. The Bertz CT molecular complexity index is 712. The van der Waals surface area contributed by atoms with E-state index in [0.717, 1.165) is 22.5 Å². The molecule has 1 aromatic heterocycles. The summed E-state index contributed by atoms with van der Waals surface area (Å²) in [5.41, 5.74) is 5.57. The van der Waals surface area contributed by atoms with Crippen molar-refractivity contribution in [2.24, 2.45) is 5.84 Å². The first-order valence-corrected chi connectivity index (χ1v) is 6.25. The first-order chi connectivity index (χ1) is 9.42. The second kappa shape index (κ2) is 5.30. The Kier molecular flexibility index (Phi) is 3.72. The minimum Gasteiger partial charge on any atom is -0.320 e. The zero-order chi connectivity index (χ0) is 14.9. The van der Waals surface area contributed by atoms with Gasteiger partial charge in [-0.1, -0.05) is 6.07 Å². The highest BCUT2D eigenvalue weighted by molar-refractivity contribution is 5.93. The number of amides is 1. The van der Waals surface area contributed by atoms with Gasteiger partial charge in [-0.2, -0.15) is 0 Å². The van der Waals surface area contributed by atoms with Crippen LogP contribution in [0.4, 0.5) is 0 Å². The number of benzene rings is 1. The monoisotopic (exact) mass is 271 g/mol. The molecule has 5 nitrogen and oxygen atoms in total. The number of pyridine rings is 1. The van der Waals surface area contributed by atoms with Crippen LogP contribution in [0.15, 0.2) is 35.3 Å². The van der Waals surface area contributed by atoms with Gasteiger partial charge in [-0.15, -0.1) is 0 Å². The Labute approximate surface area is 117 Å². The third-order valence-electron chi connectivity index (χ3n) is 3.10. The van der Waals surface area contributed by atoms with Crippen LogP contribution in [0, 0.1) is 20.8 Å². The first-order valence-electron chi connectivity index (χ1n) is 6.25. The number of nitrogens with zero attached hydrogens (tertiary/aromatic N) is 1. The Hall–Kier alpha value is -2.40. The van der Waals surface area contributed by atoms with E-state index in [0.29, 0.717) is 0 Å². The van der Waals surface area contributed by atoms with Crippen LogP contribution < -0.4 is 16.7 Å². The van der Waals surface area contributed by atoms with E-state index < -0.39 is 5.91 Å². The molecule has 1 heterocycles. The van der Waals surface area contributed by atoms with Crippen molar-refractivity contribution in [3.05, 3.63) is 63.1 Å². The minimum absolute atomic E-state index is 0.0252. The van der Waals surface area contributed by atoms with Crippen molar-refractivity contribution < 1.29 is 4.79 Å². The van der Waals surface area contributed by atoms with E-state index in [-0.39, 0.29) is 11.0 Å². The lowest BCUT2D eigenvalue weighted by Gasteiger charge is -2.13. The van der Waals surface area contributed by atoms with E-state index in [9.17, 15) is 9.59 Å². The van der Waals surface area contributed by atoms with Crippen LogP contribution >= 0.6 is 0 Å². The number of hydrogen-bond donors (Lipinski definition) is 2. The van der Waals surface area contributed by atoms with E-state index >= 15 is 0 Å². The number of carbonyl (C=O) groups is 1. The summed E-state index contributed by atoms with van der Waals surface area (Å²) in [6.07, 6.45) is 1.52. The van der Waals surface area contributed by atoms with Crippen LogP contribution in [0.3, 0.4) is 0 Å². The quantitative estimate of drug-likeness (QED) is 0.492. The molecule has 0 saturated carbocycles. The summed E-state index contributed by atoms with van der Waals surface area (Å²) in [5, 5.41) is 0. The van der Waals surface area contributed by atoms with Gasteiger partial charge in [0.2, 0.25) is 0 Å². The van der Waals surface area contributed by atoms with Gasteiger partial charge in [-0.3, -0.25) is 15.0 Å². The van der Waals surface area contributed by atoms with Crippen molar-refractivity contribution in [2.45, 2.75) is 20.8 Å². The van der Waals surface area contributed by atoms with Gasteiger partial charge in [0, 0.05) is 23.6 Å². The maximum Gasteiger partial charge on any atom is 0.270 e. The van der Waals surface area contributed by atoms with Gasteiger partial charge in [0.05, 0.1) is 0 Å². The van der Waals surface area contributed by atoms with E-state index in [2.05, 4.69) is 6.07 Å². The van der Waals surface area contributed by atoms with Gasteiger partial charge in [-0.05, 0) is 44.0 Å². The van der Waals surface area contributed by atoms with Gasteiger partial charge in [0.25, 0.3) is 5.91 Å². The summed E-state index contributed by atoms with van der Waals surface area (Å²) >= 11 is 0. The summed E-state index contributed by atoms with van der Waals surface area (Å²) in [6, 6.07) is 7.49. The smallest absolute Gasteiger partial charge is 0.270 e. The van der Waals surface area contributed by atoms with Crippen molar-refractivity contribution in [3.63, 3.8) is 0 Å². The van der Waals surface area contributed by atoms with Gasteiger partial charge in [-0.25, -0.2) is 5.84 Å². The summed E-state index contributed by atoms with van der Waals surface area (Å²) in [7, 11) is 0. The molecular weight excluding hydrogens is 254 g/mol. The lowest BCUT2D eigenvalue weighted by Crippen LogP contribution is -2.34. The van der Waals surface area contributed by atoms with Crippen LogP contribution in [-0.2, 0) is 0 Å². The predicted octanol–water partition coefficient (Wildman–Crippen LogP) is 1.37. The molecule has 1 amide bonds. The fraction of sp³-hybridized carbons (Fsp3) is 0.200. The molecule has 0 spiro atoms. The van der Waals surface area contributed by atoms with E-state index in [1.54, 1.807) is 0 Å². The van der Waals surface area contributed by atoms with Crippen molar-refractivity contribution in [1.29, 1.82) is 0 Å². The Morgan fingerprint density at radius 2 is 1.70 bits per heavy atom. The normalized spacial score (nSPS) is 10.4. The molecular formula is C15H17N3O2. The third-order valence-corrected chi connectivity index (χ3v) is 3.10. The fourth-order valence-electron chi connectivity index (χ4n) is 2.25. The lowest BCUT2D eigenvalue weighted by atomic mass is 10.1. The molecule has 0 atom stereocenters. The maximum absolute atomic E-state index is 11.8. The van der Waals surface area contributed by atoms with E-state index in [1.165, 1.54) is 12.3 Å². The summed E-state index contributed by atoms with van der Waals surface area (Å²) in [5.74, 6) is 4.51. The Morgan fingerprint density at radius 3 is 2.25 bits per heavy atom. The van der Waals surface area contributed by atoms with Crippen LogP contribution in [0.25, 0.3) is 5.69 Å². The fourth-order valence-corrected chi connectivity index (χ4v) is 2.25. The highest BCUT2D eigenvalue weighted by Gasteiger charge is 2.12. The molecule has 0 bridgehead atoms. The average molecular weight is 271 g/mol. The molecule has 104 valence electrons. The first kappa shape index (κ1) is 14.0. The molecule has 0 aliphatic rings. The highest BCUT2D eigenvalue weighted by Crippen LogP contribution is 2.15. The second-order valence-corrected chi connectivity index (χ2v) is 4.88. The van der Waals surface area contributed by atoms with Crippen LogP contribution in [0.1, 0.15) is 27.2 Å². The summed E-state index contributed by atoms with van der Waals surface area (Å²) in [6.45, 7) is 5.83. The Balaban J connectivity index is 2.67. The molecule has 0 radical (unpaired) electrons. The number of hydrazine groups is 1. The Morgan fingerprint density at radius 1 is 1.10 bits per heavy atom. The molecule has 0 aliphatic carbocycles.